The number of nitrogens with one attached hydrogen (secondary N) is 1. The molecular weight excluding hydrogens is 204 g/mol. The average molecular weight is 217 g/mol. The van der Waals surface area contributed by atoms with Gasteiger partial charge < -0.3 is 10.1 Å². The second-order valence-electron chi connectivity index (χ2n) is 2.65. The van der Waals surface area contributed by atoms with Gasteiger partial charge >= 0.3 is 5.97 Å². The second-order valence-corrected chi connectivity index (χ2v) is 2.65. The van der Waals surface area contributed by atoms with Gasteiger partial charge in [0.25, 0.3) is 0 Å². The summed E-state index contributed by atoms with van der Waals surface area (Å²) < 4.78 is 4.71. The van der Waals surface area contributed by atoms with Crippen molar-refractivity contribution in [3.05, 3.63) is 0 Å². The first kappa shape index (κ1) is 12.8. The number of hydrogen-bond donors (Lipinski definition) is 1. The second kappa shape index (κ2) is 7.22. The zero-order valence-corrected chi connectivity index (χ0v) is 8.76. The minimum absolute atomic E-state index is 0. The average Bonchev–Trinajstić information content (AvgIpc) is 2.19. The van der Waals surface area contributed by atoms with Gasteiger partial charge in [-0.1, -0.05) is 12.8 Å². The molecule has 78 valence electrons. The molecule has 0 aromatic rings. The number of nitrogens with zero attached hydrogens (tertiary/aromatic N) is 1. The molecule has 0 fully saturated rings. The molecule has 1 atom stereocenters. The van der Waals surface area contributed by atoms with Gasteiger partial charge in [-0.05, 0) is 0 Å². The Morgan fingerprint density at radius 1 is 1.79 bits per heavy atom. The maximum Gasteiger partial charge on any atom is 0.326 e. The summed E-state index contributed by atoms with van der Waals surface area (Å²) in [4.78, 5) is 15.2. The van der Waals surface area contributed by atoms with Crippen molar-refractivity contribution in [2.24, 2.45) is 10.9 Å². The van der Waals surface area contributed by atoms with Crippen molar-refractivity contribution in [3.63, 3.8) is 0 Å². The number of aliphatic imine (C=N–C) groups is 1. The van der Waals surface area contributed by atoms with Gasteiger partial charge in [0, 0.05) is 13.0 Å². The molecule has 0 radical (unpaired) electrons. The van der Waals surface area contributed by atoms with E-state index in [0.717, 1.165) is 0 Å². The number of halogens is 1. The summed E-state index contributed by atoms with van der Waals surface area (Å²) in [6.07, 6.45) is 4.64. The Bertz CT molecular complexity index is 268. The molecule has 0 spiro atoms. The Hall–Kier alpha value is -1.21. The first-order chi connectivity index (χ1) is 6.34. The van der Waals surface area contributed by atoms with Crippen molar-refractivity contribution in [2.45, 2.75) is 13.3 Å². The third kappa shape index (κ3) is 4.15. The Balaban J connectivity index is 0.00000169. The van der Waals surface area contributed by atoms with Crippen LogP contribution in [0.2, 0.25) is 0 Å². The fourth-order valence-corrected chi connectivity index (χ4v) is 0.904. The van der Waals surface area contributed by atoms with E-state index in [9.17, 15) is 4.79 Å². The summed E-state index contributed by atoms with van der Waals surface area (Å²) in [6.45, 7) is 2.96. The van der Waals surface area contributed by atoms with Crippen LogP contribution >= 0.6 is 12.4 Å². The van der Waals surface area contributed by atoms with Crippen LogP contribution < -0.4 is 5.32 Å². The lowest BCUT2D eigenvalue weighted by Gasteiger charge is -2.14. The number of carbonyl (C=O) groups excluding carboxylic acids is 1. The summed E-state index contributed by atoms with van der Waals surface area (Å²) in [5, 5.41) is 2.87. The van der Waals surface area contributed by atoms with Crippen molar-refractivity contribution in [3.8, 4) is 12.0 Å². The van der Waals surface area contributed by atoms with Crippen LogP contribution in [0.5, 0.6) is 0 Å². The van der Waals surface area contributed by atoms with E-state index in [-0.39, 0.29) is 24.3 Å². The quantitative estimate of drug-likeness (QED) is 0.515. The van der Waals surface area contributed by atoms with Gasteiger partial charge in [0.15, 0.2) is 0 Å². The predicted molar refractivity (Wildman–Crippen MR) is 56.3 cm³/mol. The zero-order valence-electron chi connectivity index (χ0n) is 7.95. The van der Waals surface area contributed by atoms with Gasteiger partial charge in [-0.15, -0.1) is 12.4 Å². The van der Waals surface area contributed by atoms with Crippen LogP contribution in [0, 0.1) is 17.9 Å². The SMILES string of the molecule is CCC#COC(=O)C1CN=CNC1.Cl. The largest absolute Gasteiger partial charge is 0.375 e. The van der Waals surface area contributed by atoms with Gasteiger partial charge in [0.2, 0.25) is 0 Å². The Labute approximate surface area is 89.5 Å². The molecule has 0 aliphatic carbocycles. The highest BCUT2D eigenvalue weighted by molar-refractivity contribution is 5.85. The molecule has 5 heteroatoms. The van der Waals surface area contributed by atoms with E-state index < -0.39 is 0 Å². The maximum absolute atomic E-state index is 11.2. The Morgan fingerprint density at radius 3 is 3.14 bits per heavy atom. The molecule has 1 unspecified atom stereocenters. The summed E-state index contributed by atoms with van der Waals surface area (Å²) in [7, 11) is 0. The number of hydrogen-bond acceptors (Lipinski definition) is 4. The lowest BCUT2D eigenvalue weighted by molar-refractivity contribution is -0.140. The van der Waals surface area contributed by atoms with Crippen LogP contribution in [-0.4, -0.2) is 25.4 Å². The third-order valence-corrected chi connectivity index (χ3v) is 1.61. The predicted octanol–water partition coefficient (Wildman–Crippen LogP) is 0.570. The highest BCUT2D eigenvalue weighted by atomic mass is 35.5. The molecular formula is C9H13ClN2O2. The van der Waals surface area contributed by atoms with Crippen molar-refractivity contribution in [2.75, 3.05) is 13.1 Å². The summed E-state index contributed by atoms with van der Waals surface area (Å²) in [6, 6.07) is 0. The molecule has 14 heavy (non-hydrogen) atoms. The van der Waals surface area contributed by atoms with E-state index in [1.54, 1.807) is 6.34 Å². The standard InChI is InChI=1S/C9H12N2O2.ClH/c1-2-3-4-13-9(12)8-5-10-7-11-6-8;/h7-8H,2,5-6H2,1H3,(H,10,11);1H. The molecule has 0 aromatic carbocycles. The Kier molecular flexibility index (Phi) is 6.59. The molecule has 1 aliphatic rings. The van der Waals surface area contributed by atoms with E-state index in [1.165, 1.54) is 0 Å². The van der Waals surface area contributed by atoms with Crippen LogP contribution in [0.4, 0.5) is 0 Å². The molecule has 0 saturated carbocycles. The number of ether oxygens (including phenoxy) is 1. The fourth-order valence-electron chi connectivity index (χ4n) is 0.904. The van der Waals surface area contributed by atoms with Gasteiger partial charge in [-0.3, -0.25) is 9.79 Å². The van der Waals surface area contributed by atoms with Gasteiger partial charge in [0.05, 0.1) is 18.8 Å². The van der Waals surface area contributed by atoms with Crippen molar-refractivity contribution in [1.29, 1.82) is 0 Å². The van der Waals surface area contributed by atoms with E-state index >= 15 is 0 Å². The van der Waals surface area contributed by atoms with E-state index in [0.29, 0.717) is 19.5 Å². The van der Waals surface area contributed by atoms with Crippen LogP contribution in [-0.2, 0) is 9.53 Å². The molecule has 4 nitrogen and oxygen atoms in total. The summed E-state index contributed by atoms with van der Waals surface area (Å²) >= 11 is 0. The van der Waals surface area contributed by atoms with E-state index in [4.69, 9.17) is 4.74 Å². The minimum Gasteiger partial charge on any atom is -0.375 e. The van der Waals surface area contributed by atoms with Gasteiger partial charge in [0.1, 0.15) is 6.11 Å². The lowest BCUT2D eigenvalue weighted by atomic mass is 10.1. The summed E-state index contributed by atoms with van der Waals surface area (Å²) in [5.41, 5.74) is 0. The smallest absolute Gasteiger partial charge is 0.326 e. The molecule has 1 N–H and O–H groups in total. The summed E-state index contributed by atoms with van der Waals surface area (Å²) in [5.74, 6) is 2.17. The lowest BCUT2D eigenvalue weighted by Crippen LogP contribution is -2.34. The van der Waals surface area contributed by atoms with Crippen molar-refractivity contribution < 1.29 is 9.53 Å². The van der Waals surface area contributed by atoms with Crippen LogP contribution in [0.15, 0.2) is 4.99 Å². The van der Waals surface area contributed by atoms with Gasteiger partial charge in [-0.2, -0.15) is 0 Å². The highest BCUT2D eigenvalue weighted by Crippen LogP contribution is 2.01. The molecule has 1 heterocycles. The van der Waals surface area contributed by atoms with Crippen LogP contribution in [0.1, 0.15) is 13.3 Å². The third-order valence-electron chi connectivity index (χ3n) is 1.61. The topological polar surface area (TPSA) is 50.7 Å². The first-order valence-electron chi connectivity index (χ1n) is 4.24. The molecule has 0 bridgehead atoms. The molecule has 0 amide bonds. The maximum atomic E-state index is 11.2. The highest BCUT2D eigenvalue weighted by Gasteiger charge is 2.20. The molecule has 0 aromatic heterocycles. The first-order valence-corrected chi connectivity index (χ1v) is 4.24. The minimum atomic E-state index is -0.301. The monoisotopic (exact) mass is 216 g/mol. The van der Waals surface area contributed by atoms with E-state index in [1.807, 2.05) is 6.92 Å². The van der Waals surface area contributed by atoms with Crippen molar-refractivity contribution in [1.82, 2.24) is 5.32 Å². The van der Waals surface area contributed by atoms with Crippen molar-refractivity contribution >= 4 is 24.7 Å². The Morgan fingerprint density at radius 2 is 2.57 bits per heavy atom. The molecule has 1 rings (SSSR count). The fraction of sp³-hybridized carbons (Fsp3) is 0.556. The number of rotatable bonds is 1. The molecule has 1 aliphatic heterocycles. The zero-order chi connectivity index (χ0) is 9.52. The molecule has 0 saturated heterocycles. The normalized spacial score (nSPS) is 18.2. The van der Waals surface area contributed by atoms with Gasteiger partial charge in [-0.25, -0.2) is 0 Å². The van der Waals surface area contributed by atoms with E-state index in [2.05, 4.69) is 22.3 Å². The number of carbonyl (C=O) groups is 1. The van der Waals surface area contributed by atoms with Crippen LogP contribution in [0.3, 0.4) is 0 Å². The van der Waals surface area contributed by atoms with Crippen LogP contribution in [0.25, 0.3) is 0 Å². The number of esters is 1.